The van der Waals surface area contributed by atoms with Crippen LogP contribution in [0.3, 0.4) is 0 Å². The van der Waals surface area contributed by atoms with E-state index in [1.165, 1.54) is 40.5 Å². The highest BCUT2D eigenvalue weighted by Gasteiger charge is 2.69. The summed E-state index contributed by atoms with van der Waals surface area (Å²) < 4.78 is 24.5. The summed E-state index contributed by atoms with van der Waals surface area (Å²) in [4.78, 5) is 57.7. The van der Waals surface area contributed by atoms with Crippen LogP contribution in [0.1, 0.15) is 22.8 Å². The number of nitrogens with zero attached hydrogens (tertiary/aromatic N) is 1. The second kappa shape index (κ2) is 11.1. The minimum absolute atomic E-state index is 0.0160. The predicted molar refractivity (Wildman–Crippen MR) is 171 cm³/mol. The summed E-state index contributed by atoms with van der Waals surface area (Å²) in [5, 5.41) is 3.68. The topological polar surface area (TPSA) is 118 Å². The number of aromatic nitrogens is 1. The summed E-state index contributed by atoms with van der Waals surface area (Å²) >= 11 is 2.82. The van der Waals surface area contributed by atoms with E-state index in [0.717, 1.165) is 21.9 Å². The molecule has 1 saturated heterocycles. The molecule has 3 aromatic carbocycles. The molecule has 1 aromatic heterocycles. The van der Waals surface area contributed by atoms with E-state index in [1.807, 2.05) is 24.3 Å². The zero-order chi connectivity index (χ0) is 31.7. The maximum Gasteiger partial charge on any atom is 0.305 e. The van der Waals surface area contributed by atoms with Crippen molar-refractivity contribution >= 4 is 52.2 Å². The number of nitrogens with one attached hydrogen (secondary N) is 2. The predicted octanol–water partition coefficient (Wildman–Crippen LogP) is 5.28. The molecule has 2 bridgehead atoms. The second-order valence-corrected chi connectivity index (χ2v) is 14.3. The molecule has 12 heteroatoms. The Morgan fingerprint density at radius 2 is 1.61 bits per heavy atom. The average molecular weight is 658 g/mol. The van der Waals surface area contributed by atoms with Gasteiger partial charge in [0.05, 0.1) is 29.7 Å². The summed E-state index contributed by atoms with van der Waals surface area (Å²) in [5.74, 6) is -0.979. The molecule has 7 atom stereocenters. The fraction of sp³-hybridized carbons (Fsp3) is 0.294. The van der Waals surface area contributed by atoms with Crippen molar-refractivity contribution in [2.75, 3.05) is 23.9 Å². The molecule has 0 radical (unpaired) electrons. The molecular weight excluding hydrogens is 630 g/mol. The first-order valence-electron chi connectivity index (χ1n) is 15.0. The number of amides is 3. The van der Waals surface area contributed by atoms with E-state index >= 15 is 0 Å². The first-order chi connectivity index (χ1) is 22.3. The van der Waals surface area contributed by atoms with E-state index in [4.69, 9.17) is 9.47 Å². The number of imide groups is 1. The van der Waals surface area contributed by atoms with Crippen LogP contribution in [0.2, 0.25) is 0 Å². The molecule has 234 valence electrons. The van der Waals surface area contributed by atoms with Gasteiger partial charge in [-0.2, -0.15) is 0 Å². The molecule has 9 nitrogen and oxygen atoms in total. The van der Waals surface area contributed by atoms with Gasteiger partial charge in [-0.05, 0) is 90.4 Å². The molecule has 3 heterocycles. The van der Waals surface area contributed by atoms with Gasteiger partial charge in [-0.15, -0.1) is 11.8 Å². The number of anilines is 2. The molecule has 2 aliphatic heterocycles. The quantitative estimate of drug-likeness (QED) is 0.260. The fourth-order valence-corrected chi connectivity index (χ4v) is 10.9. The average Bonchev–Trinajstić information content (AvgIpc) is 3.80. The Morgan fingerprint density at radius 3 is 2.30 bits per heavy atom. The Hall–Kier alpha value is -4.42. The molecule has 4 aromatic rings. The van der Waals surface area contributed by atoms with E-state index in [0.29, 0.717) is 22.9 Å². The lowest BCUT2D eigenvalue weighted by Gasteiger charge is -2.43. The number of H-pyrrole nitrogens is 1. The van der Waals surface area contributed by atoms with Crippen LogP contribution >= 0.6 is 23.1 Å². The van der Waals surface area contributed by atoms with Gasteiger partial charge in [0.1, 0.15) is 17.3 Å². The largest absolute Gasteiger partial charge is 0.497 e. The maximum absolute atomic E-state index is 13.9. The van der Waals surface area contributed by atoms with Gasteiger partial charge in [-0.25, -0.2) is 4.39 Å². The first-order valence-corrected chi connectivity index (χ1v) is 16.7. The Bertz CT molecular complexity index is 1910. The van der Waals surface area contributed by atoms with E-state index in [-0.39, 0.29) is 58.1 Å². The number of methoxy groups -OCH3 is 1. The number of ether oxygens (including phenoxy) is 2. The van der Waals surface area contributed by atoms with Crippen LogP contribution in [-0.4, -0.2) is 41.7 Å². The number of benzene rings is 3. The van der Waals surface area contributed by atoms with Gasteiger partial charge in [0.15, 0.2) is 6.61 Å². The Morgan fingerprint density at radius 1 is 0.935 bits per heavy atom. The highest BCUT2D eigenvalue weighted by Crippen LogP contribution is 2.68. The highest BCUT2D eigenvalue weighted by molar-refractivity contribution is 8.00. The summed E-state index contributed by atoms with van der Waals surface area (Å²) in [5.41, 5.74) is 2.01. The maximum atomic E-state index is 13.9. The lowest BCUT2D eigenvalue weighted by molar-refractivity contribution is -0.123. The summed E-state index contributed by atoms with van der Waals surface area (Å²) in [7, 11) is 1.58. The van der Waals surface area contributed by atoms with Crippen LogP contribution in [0.15, 0.2) is 82.6 Å². The molecule has 3 fully saturated rings. The molecule has 3 amide bonds. The number of thiazole rings is 1. The smallest absolute Gasteiger partial charge is 0.305 e. The molecule has 46 heavy (non-hydrogen) atoms. The standard InChI is InChI=1S/C34H28FN3O6S2/c1-43-20-12-6-18(7-13-20)36-24(39)15-44-21-10-2-16(3-11-21)25-26-22-14-23(29(26)45-31-30(25)46-34(42)37-31)28-27(22)32(40)38(33(28)41)19-8-4-17(35)5-9-19/h2-13,22-23,25-29H,14-15H2,1H3,(H,36,39)(H,37,42)/t22?,23?,25-,26?,27?,28?,29?/m1/s1. The number of carbonyl (C=O) groups excluding carboxylic acids is 3. The third kappa shape index (κ3) is 4.65. The van der Waals surface area contributed by atoms with Crippen molar-refractivity contribution in [2.45, 2.75) is 22.6 Å². The van der Waals surface area contributed by atoms with Crippen LogP contribution in [0, 0.1) is 35.4 Å². The van der Waals surface area contributed by atoms with Crippen LogP contribution in [0.5, 0.6) is 11.5 Å². The lowest BCUT2D eigenvalue weighted by Crippen LogP contribution is -2.42. The van der Waals surface area contributed by atoms with Crippen molar-refractivity contribution in [1.29, 1.82) is 0 Å². The van der Waals surface area contributed by atoms with Crippen molar-refractivity contribution in [3.8, 4) is 11.5 Å². The Balaban J connectivity index is 1.04. The third-order valence-corrected chi connectivity index (χ3v) is 12.4. The van der Waals surface area contributed by atoms with Crippen molar-refractivity contribution in [2.24, 2.45) is 29.6 Å². The summed E-state index contributed by atoms with van der Waals surface area (Å²) in [6, 6.07) is 20.0. The molecule has 2 aliphatic carbocycles. The third-order valence-electron chi connectivity index (χ3n) is 9.79. The van der Waals surface area contributed by atoms with Gasteiger partial charge in [0.25, 0.3) is 5.91 Å². The molecular formula is C34H28FN3O6S2. The van der Waals surface area contributed by atoms with Gasteiger partial charge in [-0.1, -0.05) is 23.5 Å². The van der Waals surface area contributed by atoms with Crippen LogP contribution in [0.25, 0.3) is 0 Å². The summed E-state index contributed by atoms with van der Waals surface area (Å²) in [6.45, 7) is -0.173. The monoisotopic (exact) mass is 657 g/mol. The fourth-order valence-electron chi connectivity index (χ4n) is 8.03. The number of thioether (sulfide) groups is 1. The second-order valence-electron chi connectivity index (χ2n) is 12.1. The molecule has 0 spiro atoms. The number of fused-ring (bicyclic) bond motifs is 9. The molecule has 2 N–H and O–H groups in total. The number of aromatic amines is 1. The minimum Gasteiger partial charge on any atom is -0.497 e. The van der Waals surface area contributed by atoms with E-state index in [9.17, 15) is 23.6 Å². The number of hydrogen-bond donors (Lipinski definition) is 2. The Labute approximate surface area is 271 Å². The molecule has 2 saturated carbocycles. The SMILES string of the molecule is COc1ccc(NC(=O)COc2ccc([C@H]3c4sc(=O)[nH]c4SC4C5CC(C6C(=O)N(c7ccc(F)cc7)C(=O)C56)C43)cc2)cc1. The van der Waals surface area contributed by atoms with Crippen molar-refractivity contribution in [3.05, 3.63) is 98.7 Å². The van der Waals surface area contributed by atoms with Crippen LogP contribution in [-0.2, 0) is 14.4 Å². The van der Waals surface area contributed by atoms with Crippen molar-refractivity contribution < 1.29 is 28.2 Å². The zero-order valence-electron chi connectivity index (χ0n) is 24.5. The number of rotatable bonds is 7. The summed E-state index contributed by atoms with van der Waals surface area (Å²) in [6.07, 6.45) is 0.770. The number of hydrogen-bond acceptors (Lipinski definition) is 8. The van der Waals surface area contributed by atoms with Crippen molar-refractivity contribution in [1.82, 2.24) is 4.98 Å². The zero-order valence-corrected chi connectivity index (χ0v) is 26.1. The molecule has 6 unspecified atom stereocenters. The first kappa shape index (κ1) is 29.0. The van der Waals surface area contributed by atoms with Crippen LogP contribution in [0.4, 0.5) is 15.8 Å². The van der Waals surface area contributed by atoms with Gasteiger partial charge >= 0.3 is 4.87 Å². The lowest BCUT2D eigenvalue weighted by atomic mass is 9.68. The van der Waals surface area contributed by atoms with Gasteiger partial charge in [0, 0.05) is 21.7 Å². The minimum atomic E-state index is -0.448. The van der Waals surface area contributed by atoms with Crippen molar-refractivity contribution in [3.63, 3.8) is 0 Å². The normalized spacial score (nSPS) is 27.3. The van der Waals surface area contributed by atoms with Gasteiger partial charge in [0.2, 0.25) is 11.8 Å². The Kier molecular flexibility index (Phi) is 7.02. The van der Waals surface area contributed by atoms with E-state index < -0.39 is 17.7 Å². The molecule has 8 rings (SSSR count). The van der Waals surface area contributed by atoms with E-state index in [2.05, 4.69) is 10.3 Å². The van der Waals surface area contributed by atoms with E-state index in [1.54, 1.807) is 43.1 Å². The van der Waals surface area contributed by atoms with Gasteiger partial charge < -0.3 is 19.8 Å². The van der Waals surface area contributed by atoms with Gasteiger partial charge in [-0.3, -0.25) is 24.1 Å². The number of halogens is 1. The van der Waals surface area contributed by atoms with Crippen LogP contribution < -0.4 is 24.6 Å². The number of carbonyl (C=O) groups is 3. The highest BCUT2D eigenvalue weighted by atomic mass is 32.2. The molecule has 4 aliphatic rings.